The zero-order valence-corrected chi connectivity index (χ0v) is 7.95. The molecule has 0 bridgehead atoms. The Morgan fingerprint density at radius 2 is 2.31 bits per heavy atom. The van der Waals surface area contributed by atoms with Gasteiger partial charge >= 0.3 is 0 Å². The van der Waals surface area contributed by atoms with Crippen molar-refractivity contribution >= 4 is 23.2 Å². The number of anilines is 1. The van der Waals surface area contributed by atoms with Crippen molar-refractivity contribution in [2.75, 3.05) is 10.9 Å². The Balaban J connectivity index is 2.88. The third kappa shape index (κ3) is 2.44. The van der Waals surface area contributed by atoms with Gasteiger partial charge in [-0.15, -0.1) is 11.6 Å². The molecule has 4 heteroatoms. The van der Waals surface area contributed by atoms with Gasteiger partial charge in [-0.2, -0.15) is 5.06 Å². The van der Waals surface area contributed by atoms with Crippen LogP contribution in [0.15, 0.2) is 24.3 Å². The van der Waals surface area contributed by atoms with Gasteiger partial charge in [0, 0.05) is 0 Å². The number of nitrogens with zero attached hydrogens (tertiary/aromatic N) is 1. The molecular formula is C9H10ClNO2. The molecule has 0 spiro atoms. The monoisotopic (exact) mass is 199 g/mol. The maximum absolute atomic E-state index is 11.0. The number of aryl methyl sites for hydroxylation is 1. The Labute approximate surface area is 81.5 Å². The lowest BCUT2D eigenvalue weighted by Crippen LogP contribution is -2.27. The molecule has 1 aromatic rings. The predicted molar refractivity (Wildman–Crippen MR) is 51.2 cm³/mol. The Hall–Kier alpha value is -1.06. The fraction of sp³-hybridized carbons (Fsp3) is 0.222. The quantitative estimate of drug-likeness (QED) is 0.449. The number of hydroxylamine groups is 1. The molecule has 13 heavy (non-hydrogen) atoms. The van der Waals surface area contributed by atoms with E-state index in [1.165, 1.54) is 0 Å². The molecule has 70 valence electrons. The highest BCUT2D eigenvalue weighted by Gasteiger charge is 2.10. The minimum Gasteiger partial charge on any atom is -0.281 e. The maximum atomic E-state index is 11.0. The van der Waals surface area contributed by atoms with Gasteiger partial charge in [-0.1, -0.05) is 12.1 Å². The zero-order valence-electron chi connectivity index (χ0n) is 7.20. The van der Waals surface area contributed by atoms with E-state index in [1.807, 2.05) is 13.0 Å². The first-order chi connectivity index (χ1) is 6.15. The van der Waals surface area contributed by atoms with Crippen LogP contribution in [0.25, 0.3) is 0 Å². The van der Waals surface area contributed by atoms with Crippen molar-refractivity contribution in [3.63, 3.8) is 0 Å². The Morgan fingerprint density at radius 1 is 1.62 bits per heavy atom. The molecule has 0 aliphatic carbocycles. The van der Waals surface area contributed by atoms with E-state index in [2.05, 4.69) is 0 Å². The van der Waals surface area contributed by atoms with Crippen LogP contribution < -0.4 is 5.06 Å². The van der Waals surface area contributed by atoms with Gasteiger partial charge in [0.2, 0.25) is 0 Å². The van der Waals surface area contributed by atoms with Gasteiger partial charge in [-0.05, 0) is 24.6 Å². The highest BCUT2D eigenvalue weighted by atomic mass is 35.5. The van der Waals surface area contributed by atoms with Gasteiger partial charge in [0.25, 0.3) is 5.91 Å². The number of hydrogen-bond donors (Lipinski definition) is 1. The number of alkyl halides is 1. The van der Waals surface area contributed by atoms with Crippen LogP contribution >= 0.6 is 11.6 Å². The molecular weight excluding hydrogens is 190 g/mol. The summed E-state index contributed by atoms with van der Waals surface area (Å²) in [5.74, 6) is -0.767. The molecule has 0 saturated carbocycles. The summed E-state index contributed by atoms with van der Waals surface area (Å²) < 4.78 is 0. The second kappa shape index (κ2) is 4.25. The van der Waals surface area contributed by atoms with Gasteiger partial charge in [-0.3, -0.25) is 10.0 Å². The molecule has 0 unspecified atom stereocenters. The molecule has 0 heterocycles. The maximum Gasteiger partial charge on any atom is 0.265 e. The van der Waals surface area contributed by atoms with Crippen LogP contribution in [0.3, 0.4) is 0 Å². The van der Waals surface area contributed by atoms with Gasteiger partial charge in [0.1, 0.15) is 5.88 Å². The molecule has 1 aromatic carbocycles. The molecule has 3 nitrogen and oxygen atoms in total. The number of halogens is 1. The van der Waals surface area contributed by atoms with Gasteiger partial charge in [-0.25, -0.2) is 0 Å². The van der Waals surface area contributed by atoms with Crippen molar-refractivity contribution in [3.05, 3.63) is 29.8 Å². The lowest BCUT2D eigenvalue weighted by Gasteiger charge is -2.13. The summed E-state index contributed by atoms with van der Waals surface area (Å²) in [6.07, 6.45) is 0. The van der Waals surface area contributed by atoms with Crippen LogP contribution in [0.5, 0.6) is 0 Å². The van der Waals surface area contributed by atoms with Crippen LogP contribution in [-0.4, -0.2) is 17.0 Å². The summed E-state index contributed by atoms with van der Waals surface area (Å²) in [6.45, 7) is 1.88. The van der Waals surface area contributed by atoms with Crippen LogP contribution in [0.2, 0.25) is 0 Å². The first kappa shape index (κ1) is 10.0. The standard InChI is InChI=1S/C9H10ClNO2/c1-7-3-2-4-8(5-7)11(13)9(12)6-10/h2-5,13H,6H2,1H3. The Bertz CT molecular complexity index is 314. The number of benzene rings is 1. The average molecular weight is 200 g/mol. The minimum atomic E-state index is -0.535. The summed E-state index contributed by atoms with van der Waals surface area (Å²) in [5, 5.41) is 9.87. The van der Waals surface area contributed by atoms with Crippen LogP contribution in [0, 0.1) is 6.92 Å². The third-order valence-corrected chi connectivity index (χ3v) is 1.83. The fourth-order valence-corrected chi connectivity index (χ4v) is 1.07. The van der Waals surface area contributed by atoms with Gasteiger partial charge in [0.05, 0.1) is 5.69 Å². The molecule has 0 saturated heterocycles. The van der Waals surface area contributed by atoms with Crippen molar-refractivity contribution in [2.24, 2.45) is 0 Å². The average Bonchev–Trinajstić information content (AvgIpc) is 2.15. The first-order valence-corrected chi connectivity index (χ1v) is 4.33. The molecule has 0 aliphatic rings. The van der Waals surface area contributed by atoms with Gasteiger partial charge in [0.15, 0.2) is 0 Å². The second-order valence-corrected chi connectivity index (χ2v) is 2.95. The SMILES string of the molecule is Cc1cccc(N(O)C(=O)CCl)c1. The first-order valence-electron chi connectivity index (χ1n) is 3.79. The van der Waals surface area contributed by atoms with E-state index in [1.54, 1.807) is 18.2 Å². The summed E-state index contributed by atoms with van der Waals surface area (Å²) in [6, 6.07) is 6.97. The van der Waals surface area contributed by atoms with E-state index in [-0.39, 0.29) is 5.88 Å². The van der Waals surface area contributed by atoms with E-state index < -0.39 is 5.91 Å². The lowest BCUT2D eigenvalue weighted by atomic mass is 10.2. The fourth-order valence-electron chi connectivity index (χ4n) is 0.960. The summed E-state index contributed by atoms with van der Waals surface area (Å²) in [4.78, 5) is 11.0. The third-order valence-electron chi connectivity index (χ3n) is 1.60. The minimum absolute atomic E-state index is 0.232. The molecule has 1 N–H and O–H groups in total. The summed E-state index contributed by atoms with van der Waals surface area (Å²) in [5.41, 5.74) is 1.41. The predicted octanol–water partition coefficient (Wildman–Crippen LogP) is 1.96. The largest absolute Gasteiger partial charge is 0.281 e. The van der Waals surface area contributed by atoms with Crippen molar-refractivity contribution in [1.29, 1.82) is 0 Å². The topological polar surface area (TPSA) is 40.5 Å². The lowest BCUT2D eigenvalue weighted by molar-refractivity contribution is -0.121. The zero-order chi connectivity index (χ0) is 9.84. The van der Waals surface area contributed by atoms with Gasteiger partial charge < -0.3 is 0 Å². The van der Waals surface area contributed by atoms with Crippen molar-refractivity contribution in [3.8, 4) is 0 Å². The molecule has 0 aliphatic heterocycles. The second-order valence-electron chi connectivity index (χ2n) is 2.68. The van der Waals surface area contributed by atoms with Crippen molar-refractivity contribution in [1.82, 2.24) is 0 Å². The Kier molecular flexibility index (Phi) is 3.28. The van der Waals surface area contributed by atoms with E-state index in [9.17, 15) is 10.0 Å². The highest BCUT2D eigenvalue weighted by molar-refractivity contribution is 6.29. The number of hydrogen-bond acceptors (Lipinski definition) is 2. The van der Waals surface area contributed by atoms with Crippen LogP contribution in [0.4, 0.5) is 5.69 Å². The number of amides is 1. The Morgan fingerprint density at radius 3 is 2.85 bits per heavy atom. The smallest absolute Gasteiger partial charge is 0.265 e. The summed E-state index contributed by atoms with van der Waals surface area (Å²) in [7, 11) is 0. The highest BCUT2D eigenvalue weighted by Crippen LogP contribution is 2.14. The molecule has 0 aromatic heterocycles. The molecule has 0 radical (unpaired) electrons. The van der Waals surface area contributed by atoms with E-state index in [4.69, 9.17) is 11.6 Å². The van der Waals surface area contributed by atoms with Crippen molar-refractivity contribution < 1.29 is 10.0 Å². The van der Waals surface area contributed by atoms with E-state index in [0.717, 1.165) is 5.56 Å². The normalized spacial score (nSPS) is 9.77. The van der Waals surface area contributed by atoms with E-state index in [0.29, 0.717) is 10.8 Å². The molecule has 1 rings (SSSR count). The van der Waals surface area contributed by atoms with Crippen LogP contribution in [-0.2, 0) is 4.79 Å². The van der Waals surface area contributed by atoms with E-state index >= 15 is 0 Å². The summed E-state index contributed by atoms with van der Waals surface area (Å²) >= 11 is 5.29. The number of rotatable bonds is 2. The molecule has 1 amide bonds. The van der Waals surface area contributed by atoms with Crippen LogP contribution in [0.1, 0.15) is 5.56 Å². The number of carbonyl (C=O) groups excluding carboxylic acids is 1. The molecule has 0 atom stereocenters. The van der Waals surface area contributed by atoms with Crippen molar-refractivity contribution in [2.45, 2.75) is 6.92 Å². The molecule has 0 fully saturated rings. The number of carbonyl (C=O) groups is 1.